The van der Waals surface area contributed by atoms with Gasteiger partial charge in [0.05, 0.1) is 52.0 Å². The standard InChI is InChI=1S/C24H20Cl2F3N5O3/c25-15-1-2-18-19(20(15)26)23(22(37)34(18)12-14(35)3-4-24(27,28)29)5-7-33(8-6-23)21(36)16-9-13-10-31-32-17(13)11-30-16/h1-2,9-11H,3-8,12H2,(H,31,32). The van der Waals surface area contributed by atoms with Crippen molar-refractivity contribution in [3.05, 3.63) is 51.9 Å². The molecule has 1 fully saturated rings. The third-order valence-electron chi connectivity index (χ3n) is 6.97. The fourth-order valence-electron chi connectivity index (χ4n) is 5.07. The number of aromatic nitrogens is 3. The molecule has 13 heteroatoms. The van der Waals surface area contributed by atoms with Crippen LogP contribution >= 0.6 is 23.2 Å². The molecule has 194 valence electrons. The normalized spacial score (nSPS) is 17.1. The minimum absolute atomic E-state index is 0.157. The van der Waals surface area contributed by atoms with Gasteiger partial charge in [-0.05, 0) is 31.0 Å². The quantitative estimate of drug-likeness (QED) is 0.493. The van der Waals surface area contributed by atoms with Gasteiger partial charge in [0.25, 0.3) is 5.91 Å². The lowest BCUT2D eigenvalue weighted by atomic mass is 9.73. The van der Waals surface area contributed by atoms with E-state index >= 15 is 0 Å². The van der Waals surface area contributed by atoms with Crippen molar-refractivity contribution >= 4 is 57.4 Å². The Kier molecular flexibility index (Phi) is 6.39. The average molecular weight is 554 g/mol. The van der Waals surface area contributed by atoms with Crippen LogP contribution in [-0.4, -0.2) is 63.5 Å². The van der Waals surface area contributed by atoms with Crippen LogP contribution in [0.1, 0.15) is 41.7 Å². The number of Topliss-reactive ketones (excluding diaryl/α,β-unsaturated/α-hetero) is 1. The third kappa shape index (κ3) is 4.54. The summed E-state index contributed by atoms with van der Waals surface area (Å²) >= 11 is 12.8. The summed E-state index contributed by atoms with van der Waals surface area (Å²) in [6.07, 6.45) is -2.96. The SMILES string of the molecule is O=C(CCC(F)(F)F)CN1C(=O)C2(CCN(C(=O)c3cc4cn[nH]c4cn3)CC2)c2c1ccc(Cl)c2Cl. The third-order valence-corrected chi connectivity index (χ3v) is 7.77. The van der Waals surface area contributed by atoms with Crippen LogP contribution in [0.4, 0.5) is 18.9 Å². The number of rotatable bonds is 5. The van der Waals surface area contributed by atoms with Crippen LogP contribution in [0.25, 0.3) is 10.9 Å². The molecule has 1 saturated heterocycles. The molecule has 2 amide bonds. The lowest BCUT2D eigenvalue weighted by Crippen LogP contribution is -2.51. The van der Waals surface area contributed by atoms with Gasteiger partial charge >= 0.3 is 6.18 Å². The van der Waals surface area contributed by atoms with Crippen molar-refractivity contribution in [2.45, 2.75) is 37.3 Å². The van der Waals surface area contributed by atoms with Gasteiger partial charge in [0.1, 0.15) is 5.69 Å². The number of hydrogen-bond acceptors (Lipinski definition) is 5. The van der Waals surface area contributed by atoms with Crippen LogP contribution in [0.15, 0.2) is 30.6 Å². The van der Waals surface area contributed by atoms with Gasteiger partial charge in [0, 0.05) is 30.5 Å². The van der Waals surface area contributed by atoms with Gasteiger partial charge in [-0.3, -0.25) is 19.5 Å². The number of hydrogen-bond donors (Lipinski definition) is 1. The monoisotopic (exact) mass is 553 g/mol. The van der Waals surface area contributed by atoms with Crippen LogP contribution in [0, 0.1) is 0 Å². The topological polar surface area (TPSA) is 99.3 Å². The summed E-state index contributed by atoms with van der Waals surface area (Å²) in [7, 11) is 0. The number of aromatic amines is 1. The number of likely N-dealkylation sites (tertiary alicyclic amines) is 1. The Labute approximate surface area is 218 Å². The Morgan fingerprint density at radius 2 is 1.86 bits per heavy atom. The van der Waals surface area contributed by atoms with Gasteiger partial charge in [-0.2, -0.15) is 18.3 Å². The molecule has 4 heterocycles. The van der Waals surface area contributed by atoms with E-state index in [9.17, 15) is 27.6 Å². The molecule has 0 bridgehead atoms. The minimum atomic E-state index is -4.48. The zero-order chi connectivity index (χ0) is 26.5. The first kappa shape index (κ1) is 25.5. The average Bonchev–Trinajstić information content (AvgIpc) is 3.42. The summed E-state index contributed by atoms with van der Waals surface area (Å²) in [6, 6.07) is 4.67. The molecule has 2 aromatic heterocycles. The molecule has 1 N–H and O–H groups in total. The Morgan fingerprint density at radius 3 is 2.57 bits per heavy atom. The molecule has 2 aliphatic heterocycles. The number of halogens is 5. The lowest BCUT2D eigenvalue weighted by molar-refractivity contribution is -0.142. The number of nitrogens with zero attached hydrogens (tertiary/aromatic N) is 4. The summed E-state index contributed by atoms with van der Waals surface area (Å²) in [5, 5.41) is 7.80. The van der Waals surface area contributed by atoms with Crippen molar-refractivity contribution in [1.29, 1.82) is 0 Å². The Balaban J connectivity index is 1.39. The maximum absolute atomic E-state index is 13.7. The Morgan fingerprint density at radius 1 is 1.14 bits per heavy atom. The molecule has 37 heavy (non-hydrogen) atoms. The van der Waals surface area contributed by atoms with Crippen LogP contribution < -0.4 is 4.90 Å². The van der Waals surface area contributed by atoms with Gasteiger partial charge in [-0.15, -0.1) is 0 Å². The van der Waals surface area contributed by atoms with Crippen LogP contribution in [0.5, 0.6) is 0 Å². The van der Waals surface area contributed by atoms with Crippen LogP contribution in [0.3, 0.4) is 0 Å². The summed E-state index contributed by atoms with van der Waals surface area (Å²) in [5.41, 5.74) is 0.576. The summed E-state index contributed by atoms with van der Waals surface area (Å²) in [5.74, 6) is -1.45. The zero-order valence-corrected chi connectivity index (χ0v) is 20.8. The molecular formula is C24H20Cl2F3N5O3. The molecular weight excluding hydrogens is 534 g/mol. The van der Waals surface area contributed by atoms with Crippen molar-refractivity contribution in [2.24, 2.45) is 0 Å². The molecule has 5 rings (SSSR count). The molecule has 8 nitrogen and oxygen atoms in total. The predicted molar refractivity (Wildman–Crippen MR) is 130 cm³/mol. The van der Waals surface area contributed by atoms with E-state index in [0.29, 0.717) is 16.8 Å². The second-order valence-corrected chi connectivity index (χ2v) is 9.99. The van der Waals surface area contributed by atoms with E-state index in [1.54, 1.807) is 23.2 Å². The highest BCUT2D eigenvalue weighted by Gasteiger charge is 2.54. The van der Waals surface area contributed by atoms with Crippen molar-refractivity contribution in [3.63, 3.8) is 0 Å². The van der Waals surface area contributed by atoms with Crippen LogP contribution in [0.2, 0.25) is 10.0 Å². The zero-order valence-electron chi connectivity index (χ0n) is 19.2. The number of carbonyl (C=O) groups excluding carboxylic acids is 3. The Hall–Kier alpha value is -3.18. The number of ketones is 1. The number of alkyl halides is 3. The molecule has 0 saturated carbocycles. The Bertz CT molecular complexity index is 1420. The number of pyridine rings is 1. The second-order valence-electron chi connectivity index (χ2n) is 9.20. The number of piperidine rings is 1. The van der Waals surface area contributed by atoms with Gasteiger partial charge in [-0.1, -0.05) is 23.2 Å². The molecule has 0 aliphatic carbocycles. The number of nitrogens with one attached hydrogen (secondary N) is 1. The first-order chi connectivity index (χ1) is 17.5. The van der Waals surface area contributed by atoms with Gasteiger partial charge in [-0.25, -0.2) is 4.98 Å². The van der Waals surface area contributed by atoms with E-state index in [0.717, 1.165) is 5.39 Å². The highest BCUT2D eigenvalue weighted by Crippen LogP contribution is 2.52. The molecule has 3 aromatic rings. The van der Waals surface area contributed by atoms with Gasteiger partial charge in [0.15, 0.2) is 5.78 Å². The molecule has 2 aliphatic rings. The van der Waals surface area contributed by atoms with Gasteiger partial charge in [0.2, 0.25) is 5.91 Å². The number of benzene rings is 1. The summed E-state index contributed by atoms with van der Waals surface area (Å²) < 4.78 is 37.8. The van der Waals surface area contributed by atoms with E-state index in [1.165, 1.54) is 17.2 Å². The first-order valence-electron chi connectivity index (χ1n) is 11.5. The summed E-state index contributed by atoms with van der Waals surface area (Å²) in [6.45, 7) is -0.0967. The maximum atomic E-state index is 13.7. The van der Waals surface area contributed by atoms with E-state index in [4.69, 9.17) is 23.2 Å². The fourth-order valence-corrected chi connectivity index (χ4v) is 5.56. The number of amides is 2. The number of carbonyl (C=O) groups is 3. The fraction of sp³-hybridized carbons (Fsp3) is 0.375. The first-order valence-corrected chi connectivity index (χ1v) is 12.2. The highest BCUT2D eigenvalue weighted by molar-refractivity contribution is 6.43. The van der Waals surface area contributed by atoms with E-state index in [-0.39, 0.29) is 47.6 Å². The second kappa shape index (κ2) is 9.29. The largest absolute Gasteiger partial charge is 0.389 e. The van der Waals surface area contributed by atoms with Crippen molar-refractivity contribution < 1.29 is 27.6 Å². The molecule has 0 unspecified atom stereocenters. The van der Waals surface area contributed by atoms with Crippen molar-refractivity contribution in [3.8, 4) is 0 Å². The van der Waals surface area contributed by atoms with E-state index in [1.807, 2.05) is 0 Å². The lowest BCUT2D eigenvalue weighted by Gasteiger charge is -2.38. The maximum Gasteiger partial charge on any atom is 0.389 e. The van der Waals surface area contributed by atoms with E-state index in [2.05, 4.69) is 15.2 Å². The van der Waals surface area contributed by atoms with Crippen LogP contribution in [-0.2, 0) is 15.0 Å². The van der Waals surface area contributed by atoms with Crippen molar-refractivity contribution in [2.75, 3.05) is 24.5 Å². The number of fused-ring (bicyclic) bond motifs is 3. The smallest absolute Gasteiger partial charge is 0.337 e. The number of anilines is 1. The van der Waals surface area contributed by atoms with E-state index < -0.39 is 42.7 Å². The molecule has 1 spiro atoms. The predicted octanol–water partition coefficient (Wildman–Crippen LogP) is 4.70. The number of H-pyrrole nitrogens is 1. The highest BCUT2D eigenvalue weighted by atomic mass is 35.5. The summed E-state index contributed by atoms with van der Waals surface area (Å²) in [4.78, 5) is 46.2. The van der Waals surface area contributed by atoms with Gasteiger partial charge < -0.3 is 9.80 Å². The molecule has 0 radical (unpaired) electrons. The molecule has 0 atom stereocenters. The molecule has 1 aromatic carbocycles. The van der Waals surface area contributed by atoms with Crippen molar-refractivity contribution in [1.82, 2.24) is 20.1 Å². The minimum Gasteiger partial charge on any atom is -0.337 e.